The molecule has 2 rings (SSSR count). The van der Waals surface area contributed by atoms with Gasteiger partial charge in [-0.3, -0.25) is 0 Å². The van der Waals surface area contributed by atoms with Gasteiger partial charge in [0.05, 0.1) is 6.54 Å². The van der Waals surface area contributed by atoms with E-state index in [1.807, 2.05) is 13.0 Å². The van der Waals surface area contributed by atoms with E-state index in [1.54, 1.807) is 4.68 Å². The van der Waals surface area contributed by atoms with Gasteiger partial charge in [0.15, 0.2) is 5.82 Å². The predicted molar refractivity (Wildman–Crippen MR) is 49.6 cm³/mol. The highest BCUT2D eigenvalue weighted by Gasteiger charge is 2.05. The van der Waals surface area contributed by atoms with Gasteiger partial charge in [-0.15, -0.1) is 0 Å². The lowest BCUT2D eigenvalue weighted by Gasteiger charge is -2.02. The maximum absolute atomic E-state index is 5.50. The van der Waals surface area contributed by atoms with Gasteiger partial charge >= 0.3 is 0 Å². The van der Waals surface area contributed by atoms with Crippen molar-refractivity contribution in [1.29, 1.82) is 0 Å². The molecule has 2 aromatic rings. The Labute approximate surface area is 80.8 Å². The molecule has 0 bridgehead atoms. The normalized spacial score (nSPS) is 10.4. The van der Waals surface area contributed by atoms with Crippen LogP contribution in [0.3, 0.4) is 0 Å². The first kappa shape index (κ1) is 8.76. The van der Waals surface area contributed by atoms with Crippen LogP contribution < -0.4 is 5.73 Å². The van der Waals surface area contributed by atoms with Crippen LogP contribution in [0.25, 0.3) is 5.82 Å². The van der Waals surface area contributed by atoms with Crippen molar-refractivity contribution in [1.82, 2.24) is 24.7 Å². The molecule has 2 N–H and O–H groups in total. The molecule has 0 amide bonds. The van der Waals surface area contributed by atoms with Gasteiger partial charge in [0.2, 0.25) is 0 Å². The van der Waals surface area contributed by atoms with Gasteiger partial charge in [-0.1, -0.05) is 0 Å². The SMILES string of the molecule is Cc1cc(-n2ncnc2CN)ncn1. The fraction of sp³-hybridized carbons (Fsp3) is 0.250. The fourth-order valence-electron chi connectivity index (χ4n) is 1.15. The quantitative estimate of drug-likeness (QED) is 0.710. The summed E-state index contributed by atoms with van der Waals surface area (Å²) in [7, 11) is 0. The summed E-state index contributed by atoms with van der Waals surface area (Å²) in [6.07, 6.45) is 2.95. The van der Waals surface area contributed by atoms with Crippen molar-refractivity contribution in [3.05, 3.63) is 30.2 Å². The smallest absolute Gasteiger partial charge is 0.159 e. The monoisotopic (exact) mass is 190 g/mol. The van der Waals surface area contributed by atoms with Crippen molar-refractivity contribution in [3.8, 4) is 5.82 Å². The van der Waals surface area contributed by atoms with E-state index in [0.717, 1.165) is 5.69 Å². The second-order valence-electron chi connectivity index (χ2n) is 2.81. The average Bonchev–Trinajstić information content (AvgIpc) is 2.65. The molecule has 0 aromatic carbocycles. The molecule has 0 unspecified atom stereocenters. The number of nitrogens with zero attached hydrogens (tertiary/aromatic N) is 5. The Kier molecular flexibility index (Phi) is 2.19. The summed E-state index contributed by atoms with van der Waals surface area (Å²) < 4.78 is 1.61. The van der Waals surface area contributed by atoms with E-state index in [4.69, 9.17) is 5.73 Å². The molecular formula is C8H10N6. The molecule has 0 fully saturated rings. The molecule has 0 aliphatic carbocycles. The lowest BCUT2D eigenvalue weighted by atomic mass is 10.4. The summed E-state index contributed by atoms with van der Waals surface area (Å²) in [5, 5.41) is 4.03. The van der Waals surface area contributed by atoms with E-state index in [1.165, 1.54) is 12.7 Å². The van der Waals surface area contributed by atoms with E-state index >= 15 is 0 Å². The van der Waals surface area contributed by atoms with Crippen LogP contribution in [-0.4, -0.2) is 24.7 Å². The van der Waals surface area contributed by atoms with Gasteiger partial charge < -0.3 is 5.73 Å². The van der Waals surface area contributed by atoms with E-state index in [0.29, 0.717) is 18.2 Å². The zero-order chi connectivity index (χ0) is 9.97. The Morgan fingerprint density at radius 1 is 1.29 bits per heavy atom. The molecular weight excluding hydrogens is 180 g/mol. The Bertz CT molecular complexity index is 435. The third-order valence-electron chi connectivity index (χ3n) is 1.81. The van der Waals surface area contributed by atoms with Gasteiger partial charge in [-0.2, -0.15) is 9.78 Å². The second kappa shape index (κ2) is 3.51. The Morgan fingerprint density at radius 2 is 2.14 bits per heavy atom. The number of rotatable bonds is 2. The maximum atomic E-state index is 5.50. The minimum atomic E-state index is 0.336. The van der Waals surface area contributed by atoms with Crippen molar-refractivity contribution in [2.45, 2.75) is 13.5 Å². The standard InChI is InChI=1S/C8H10N6/c1-6-2-7(11-4-10-6)14-8(3-9)12-5-13-14/h2,4-5H,3,9H2,1H3. The van der Waals surface area contributed by atoms with Gasteiger partial charge in [-0.05, 0) is 6.92 Å². The molecule has 0 aliphatic heterocycles. The van der Waals surface area contributed by atoms with Crippen LogP contribution in [0.1, 0.15) is 11.5 Å². The highest BCUT2D eigenvalue weighted by atomic mass is 15.4. The third kappa shape index (κ3) is 1.47. The topological polar surface area (TPSA) is 82.5 Å². The van der Waals surface area contributed by atoms with Gasteiger partial charge in [0.1, 0.15) is 18.5 Å². The summed E-state index contributed by atoms with van der Waals surface area (Å²) in [5.41, 5.74) is 6.39. The second-order valence-corrected chi connectivity index (χ2v) is 2.81. The van der Waals surface area contributed by atoms with Crippen LogP contribution in [0.4, 0.5) is 0 Å². The molecule has 2 heterocycles. The Morgan fingerprint density at radius 3 is 2.86 bits per heavy atom. The van der Waals surface area contributed by atoms with Gasteiger partial charge in [0.25, 0.3) is 0 Å². The van der Waals surface area contributed by atoms with E-state index in [2.05, 4.69) is 20.1 Å². The van der Waals surface area contributed by atoms with E-state index in [-0.39, 0.29) is 0 Å². The van der Waals surface area contributed by atoms with Crippen LogP contribution in [0, 0.1) is 6.92 Å². The zero-order valence-electron chi connectivity index (χ0n) is 7.75. The number of aromatic nitrogens is 5. The Balaban J connectivity index is 2.49. The number of hydrogen-bond donors (Lipinski definition) is 1. The first-order chi connectivity index (χ1) is 6.81. The summed E-state index contributed by atoms with van der Waals surface area (Å²) in [6.45, 7) is 2.23. The Hall–Kier alpha value is -1.82. The molecule has 0 atom stereocenters. The molecule has 6 heteroatoms. The van der Waals surface area contributed by atoms with Crippen LogP contribution >= 0.6 is 0 Å². The van der Waals surface area contributed by atoms with E-state index < -0.39 is 0 Å². The number of hydrogen-bond acceptors (Lipinski definition) is 5. The first-order valence-electron chi connectivity index (χ1n) is 4.19. The van der Waals surface area contributed by atoms with Crippen molar-refractivity contribution < 1.29 is 0 Å². The molecule has 0 saturated carbocycles. The average molecular weight is 190 g/mol. The number of nitrogens with two attached hydrogens (primary N) is 1. The van der Waals surface area contributed by atoms with Crippen LogP contribution in [0.15, 0.2) is 18.7 Å². The summed E-state index contributed by atoms with van der Waals surface area (Å²) in [6, 6.07) is 1.83. The zero-order valence-corrected chi connectivity index (χ0v) is 7.75. The molecule has 0 spiro atoms. The molecule has 2 aromatic heterocycles. The largest absolute Gasteiger partial charge is 0.324 e. The predicted octanol–water partition coefficient (Wildman–Crippen LogP) is -0.176. The molecule has 0 aliphatic rings. The lowest BCUT2D eigenvalue weighted by Crippen LogP contribution is -2.09. The van der Waals surface area contributed by atoms with E-state index in [9.17, 15) is 0 Å². The van der Waals surface area contributed by atoms with Crippen molar-refractivity contribution >= 4 is 0 Å². The number of aryl methyl sites for hydroxylation is 1. The minimum Gasteiger partial charge on any atom is -0.324 e. The van der Waals surface area contributed by atoms with Crippen LogP contribution in [-0.2, 0) is 6.54 Å². The van der Waals surface area contributed by atoms with Gasteiger partial charge in [-0.25, -0.2) is 15.0 Å². The summed E-state index contributed by atoms with van der Waals surface area (Å²) >= 11 is 0. The molecule has 72 valence electrons. The molecule has 14 heavy (non-hydrogen) atoms. The summed E-state index contributed by atoms with van der Waals surface area (Å²) in [4.78, 5) is 12.1. The maximum Gasteiger partial charge on any atom is 0.159 e. The summed E-state index contributed by atoms with van der Waals surface area (Å²) in [5.74, 6) is 1.37. The molecule has 0 radical (unpaired) electrons. The fourth-order valence-corrected chi connectivity index (χ4v) is 1.15. The first-order valence-corrected chi connectivity index (χ1v) is 4.19. The van der Waals surface area contributed by atoms with Crippen molar-refractivity contribution in [3.63, 3.8) is 0 Å². The van der Waals surface area contributed by atoms with Crippen LogP contribution in [0.5, 0.6) is 0 Å². The van der Waals surface area contributed by atoms with Crippen LogP contribution in [0.2, 0.25) is 0 Å². The lowest BCUT2D eigenvalue weighted by molar-refractivity contribution is 0.763. The van der Waals surface area contributed by atoms with Crippen molar-refractivity contribution in [2.24, 2.45) is 5.73 Å². The van der Waals surface area contributed by atoms with Gasteiger partial charge in [0, 0.05) is 11.8 Å². The van der Waals surface area contributed by atoms with Crippen molar-refractivity contribution in [2.75, 3.05) is 0 Å². The molecule has 6 nitrogen and oxygen atoms in total. The third-order valence-corrected chi connectivity index (χ3v) is 1.81. The highest BCUT2D eigenvalue weighted by molar-refractivity contribution is 5.22. The molecule has 0 saturated heterocycles. The minimum absolute atomic E-state index is 0.336. The highest BCUT2D eigenvalue weighted by Crippen LogP contribution is 2.04.